The van der Waals surface area contributed by atoms with Crippen LogP contribution in [0.25, 0.3) is 0 Å². The van der Waals surface area contributed by atoms with Crippen LogP contribution in [-0.4, -0.2) is 14.7 Å². The minimum Gasteiger partial charge on any atom is -0.410 e. The van der Waals surface area contributed by atoms with E-state index >= 15 is 0 Å². The number of halogens is 3. The van der Waals surface area contributed by atoms with Crippen LogP contribution in [0.5, 0.6) is 0 Å². The first-order valence-electron chi connectivity index (χ1n) is 4.40. The monoisotopic (exact) mass is 267 g/mol. The lowest BCUT2D eigenvalue weighted by atomic mass is 9.78. The molecule has 0 amide bonds. The van der Waals surface area contributed by atoms with Crippen molar-refractivity contribution in [3.8, 4) is 0 Å². The van der Waals surface area contributed by atoms with Gasteiger partial charge in [-0.25, -0.2) is 0 Å². The molecule has 0 bridgehead atoms. The Kier molecular flexibility index (Phi) is 3.44. The fourth-order valence-corrected chi connectivity index (χ4v) is 2.11. The molecule has 84 valence electrons. The summed E-state index contributed by atoms with van der Waals surface area (Å²) in [6.45, 7) is 5.49. The average Bonchev–Trinajstić information content (AvgIpc) is 2.09. The number of alkyl halides is 3. The summed E-state index contributed by atoms with van der Waals surface area (Å²) in [5.74, 6) is 0. The zero-order valence-corrected chi connectivity index (χ0v) is 11.0. The summed E-state index contributed by atoms with van der Waals surface area (Å²) >= 11 is 17.8. The Labute approximate surface area is 104 Å². The fourth-order valence-electron chi connectivity index (χ4n) is 1.50. The van der Waals surface area contributed by atoms with Crippen molar-refractivity contribution >= 4 is 40.5 Å². The first-order chi connectivity index (χ1) is 6.72. The molecule has 1 rings (SSSR count). The molecule has 0 saturated carbocycles. The van der Waals surface area contributed by atoms with E-state index in [1.807, 2.05) is 26.8 Å². The van der Waals surface area contributed by atoms with Gasteiger partial charge >= 0.3 is 0 Å². The van der Waals surface area contributed by atoms with Crippen LogP contribution >= 0.6 is 34.8 Å². The Hall–Kier alpha value is -0.180. The van der Waals surface area contributed by atoms with E-state index in [1.54, 1.807) is 6.08 Å². The van der Waals surface area contributed by atoms with E-state index in [2.05, 4.69) is 5.16 Å². The largest absolute Gasteiger partial charge is 0.410 e. The first-order valence-corrected chi connectivity index (χ1v) is 5.53. The van der Waals surface area contributed by atoms with Crippen LogP contribution < -0.4 is 0 Å². The zero-order chi connectivity index (χ0) is 11.9. The third-order valence-electron chi connectivity index (χ3n) is 2.78. The molecular formula is C10H12Cl3NO. The van der Waals surface area contributed by atoms with Crippen LogP contribution in [-0.2, 0) is 0 Å². The molecule has 0 aromatic rings. The summed E-state index contributed by atoms with van der Waals surface area (Å²) in [5.41, 5.74) is 1.47. The smallest absolute Gasteiger partial charge is 0.202 e. The Morgan fingerprint density at radius 1 is 1.33 bits per heavy atom. The van der Waals surface area contributed by atoms with Crippen molar-refractivity contribution in [1.29, 1.82) is 0 Å². The Morgan fingerprint density at radius 2 is 1.87 bits per heavy atom. The van der Waals surface area contributed by atoms with Gasteiger partial charge in [0.25, 0.3) is 0 Å². The fraction of sp³-hybridized carbons (Fsp3) is 0.500. The summed E-state index contributed by atoms with van der Waals surface area (Å²) in [4.78, 5) is 0. The highest BCUT2D eigenvalue weighted by Gasteiger charge is 2.45. The molecule has 0 radical (unpaired) electrons. The van der Waals surface area contributed by atoms with Crippen molar-refractivity contribution < 1.29 is 5.21 Å². The second-order valence-electron chi connectivity index (χ2n) is 3.84. The number of rotatable bonds is 0. The molecule has 1 aliphatic rings. The van der Waals surface area contributed by atoms with Crippen LogP contribution in [0.1, 0.15) is 20.8 Å². The predicted octanol–water partition coefficient (Wildman–Crippen LogP) is 4.10. The van der Waals surface area contributed by atoms with Gasteiger partial charge in [-0.15, -0.1) is 0 Å². The Balaban J connectivity index is 3.28. The van der Waals surface area contributed by atoms with Gasteiger partial charge in [0.1, 0.15) is 5.71 Å². The quantitative estimate of drug-likeness (QED) is 0.400. The first kappa shape index (κ1) is 12.9. The molecule has 1 aliphatic carbocycles. The van der Waals surface area contributed by atoms with Gasteiger partial charge in [-0.3, -0.25) is 0 Å². The van der Waals surface area contributed by atoms with Gasteiger partial charge in [0.15, 0.2) is 0 Å². The zero-order valence-electron chi connectivity index (χ0n) is 8.68. The van der Waals surface area contributed by atoms with Crippen molar-refractivity contribution in [2.24, 2.45) is 10.6 Å². The van der Waals surface area contributed by atoms with Gasteiger partial charge in [0.05, 0.1) is 5.41 Å². The van der Waals surface area contributed by atoms with Crippen LogP contribution in [0.15, 0.2) is 28.5 Å². The summed E-state index contributed by atoms with van der Waals surface area (Å²) in [6.07, 6.45) is 3.53. The molecule has 0 aromatic heterocycles. The predicted molar refractivity (Wildman–Crippen MR) is 65.1 cm³/mol. The molecule has 1 N–H and O–H groups in total. The molecule has 0 aliphatic heterocycles. The number of oxime groups is 1. The van der Waals surface area contributed by atoms with Gasteiger partial charge in [0, 0.05) is 0 Å². The molecule has 0 unspecified atom stereocenters. The standard InChI is InChI=1S/C10H12Cl3NO/c1-6-5-9(3,10(11,12)13)7(2)4-8(6)14-15/h4-5,15H,1-3H3/b14-8-/t9-/m1/s1. The van der Waals surface area contributed by atoms with Crippen molar-refractivity contribution in [2.75, 3.05) is 0 Å². The third kappa shape index (κ3) is 2.17. The maximum absolute atomic E-state index is 8.76. The second kappa shape index (κ2) is 4.00. The highest BCUT2D eigenvalue weighted by atomic mass is 35.6. The summed E-state index contributed by atoms with van der Waals surface area (Å²) in [7, 11) is 0. The molecule has 0 heterocycles. The lowest BCUT2D eigenvalue weighted by Gasteiger charge is -2.37. The summed E-state index contributed by atoms with van der Waals surface area (Å²) < 4.78 is -1.42. The maximum Gasteiger partial charge on any atom is 0.202 e. The highest BCUT2D eigenvalue weighted by Crippen LogP contribution is 2.51. The SMILES string of the molecule is CC1=C[C@@](C)(C(Cl)(Cl)Cl)C(C)=C/C1=N/O. The summed E-state index contributed by atoms with van der Waals surface area (Å²) in [5, 5.41) is 11.9. The molecule has 0 fully saturated rings. The van der Waals surface area contributed by atoms with E-state index in [1.165, 1.54) is 0 Å². The molecule has 15 heavy (non-hydrogen) atoms. The number of hydrogen-bond acceptors (Lipinski definition) is 2. The van der Waals surface area contributed by atoms with Crippen LogP contribution in [0, 0.1) is 5.41 Å². The lowest BCUT2D eigenvalue weighted by molar-refractivity contribution is 0.319. The van der Waals surface area contributed by atoms with E-state index in [4.69, 9.17) is 40.0 Å². The van der Waals surface area contributed by atoms with Crippen molar-refractivity contribution in [1.82, 2.24) is 0 Å². The number of hydrogen-bond donors (Lipinski definition) is 1. The van der Waals surface area contributed by atoms with Gasteiger partial charge in [0.2, 0.25) is 3.79 Å². The molecule has 5 heteroatoms. The molecular weight excluding hydrogens is 256 g/mol. The van der Waals surface area contributed by atoms with E-state index in [-0.39, 0.29) is 0 Å². The summed E-state index contributed by atoms with van der Waals surface area (Å²) in [6, 6.07) is 0. The number of nitrogens with zero attached hydrogens (tertiary/aromatic N) is 1. The van der Waals surface area contributed by atoms with Crippen LogP contribution in [0.3, 0.4) is 0 Å². The van der Waals surface area contributed by atoms with Crippen molar-refractivity contribution in [2.45, 2.75) is 24.6 Å². The third-order valence-corrected chi connectivity index (χ3v) is 3.96. The highest BCUT2D eigenvalue weighted by molar-refractivity contribution is 6.68. The Morgan fingerprint density at radius 3 is 2.27 bits per heavy atom. The van der Waals surface area contributed by atoms with Gasteiger partial charge < -0.3 is 5.21 Å². The Bertz CT molecular complexity index is 365. The minimum absolute atomic E-state index is 0.499. The van der Waals surface area contributed by atoms with E-state index in [9.17, 15) is 0 Å². The maximum atomic E-state index is 8.76. The van der Waals surface area contributed by atoms with E-state index in [0.717, 1.165) is 11.1 Å². The second-order valence-corrected chi connectivity index (χ2v) is 6.12. The molecule has 0 saturated heterocycles. The topological polar surface area (TPSA) is 32.6 Å². The van der Waals surface area contributed by atoms with Crippen LogP contribution in [0.4, 0.5) is 0 Å². The molecule has 0 spiro atoms. The normalized spacial score (nSPS) is 30.1. The number of allylic oxidation sites excluding steroid dienone is 4. The van der Waals surface area contributed by atoms with Crippen molar-refractivity contribution in [3.63, 3.8) is 0 Å². The van der Waals surface area contributed by atoms with Gasteiger partial charge in [-0.1, -0.05) is 51.6 Å². The van der Waals surface area contributed by atoms with Gasteiger partial charge in [-0.2, -0.15) is 0 Å². The van der Waals surface area contributed by atoms with E-state index < -0.39 is 9.21 Å². The molecule has 0 aromatic carbocycles. The molecule has 1 atom stereocenters. The minimum atomic E-state index is -1.42. The van der Waals surface area contributed by atoms with E-state index in [0.29, 0.717) is 5.71 Å². The van der Waals surface area contributed by atoms with Gasteiger partial charge in [-0.05, 0) is 32.4 Å². The average molecular weight is 269 g/mol. The van der Waals surface area contributed by atoms with Crippen LogP contribution in [0.2, 0.25) is 0 Å². The lowest BCUT2D eigenvalue weighted by Crippen LogP contribution is -2.34. The molecule has 2 nitrogen and oxygen atoms in total. The van der Waals surface area contributed by atoms with Crippen molar-refractivity contribution in [3.05, 3.63) is 23.3 Å².